The van der Waals surface area contributed by atoms with Gasteiger partial charge in [-0.25, -0.2) is 9.97 Å². The summed E-state index contributed by atoms with van der Waals surface area (Å²) in [7, 11) is 1.94. The quantitative estimate of drug-likeness (QED) is 0.107. The number of imidazole rings is 1. The van der Waals surface area contributed by atoms with E-state index in [1.807, 2.05) is 35.9 Å². The van der Waals surface area contributed by atoms with E-state index in [0.717, 1.165) is 36.3 Å². The number of nitrogens with two attached hydrogens (primary N) is 2. The number of hydrogen-bond donors (Lipinski definition) is 4. The molecule has 10 heteroatoms. The third-order valence-corrected chi connectivity index (χ3v) is 6.81. The predicted octanol–water partition coefficient (Wildman–Crippen LogP) is 3.99. The number of nitrogen functional groups attached to an aromatic ring is 1. The topological polar surface area (TPSA) is 156 Å². The number of ketones is 1. The summed E-state index contributed by atoms with van der Waals surface area (Å²) in [4.78, 5) is 36.9. The zero-order valence-corrected chi connectivity index (χ0v) is 22.8. The Hall–Kier alpha value is -4.57. The molecule has 2 heterocycles. The standard InChI is InChI=1S/C30H36N8O2/c1-37-26-14-11-22(19-25(26)36-28(37)20-35-23-12-9-21(10-13-23)29(32)33)30(40)38(27-8-4-6-17-34-27)18-15-24(39)7-3-2-5-16-31/h4,6,8-14,17,19,35H,2-3,5,7,15-16,18,20,31H2,1H3,(H3,32,33). The Morgan fingerprint density at radius 2 is 1.77 bits per heavy atom. The second-order valence-corrected chi connectivity index (χ2v) is 9.67. The first-order chi connectivity index (χ1) is 19.4. The molecule has 40 heavy (non-hydrogen) atoms. The summed E-state index contributed by atoms with van der Waals surface area (Å²) in [6.45, 7) is 1.36. The molecular weight excluding hydrogens is 504 g/mol. The number of rotatable bonds is 14. The van der Waals surface area contributed by atoms with Gasteiger partial charge in [-0.2, -0.15) is 0 Å². The minimum atomic E-state index is -0.229. The fraction of sp³-hybridized carbons (Fsp3) is 0.300. The molecule has 0 radical (unpaired) electrons. The van der Waals surface area contributed by atoms with E-state index in [2.05, 4.69) is 10.3 Å². The van der Waals surface area contributed by atoms with Crippen LogP contribution in [0.15, 0.2) is 66.9 Å². The molecule has 2 aromatic heterocycles. The molecule has 0 spiro atoms. The largest absolute Gasteiger partial charge is 0.384 e. The number of aromatic nitrogens is 3. The molecule has 2 aromatic carbocycles. The SMILES string of the molecule is Cn1c(CNc2ccc(C(=N)N)cc2)nc2cc(C(=O)N(CCC(=O)CCCCCN)c3ccccn3)ccc21. The molecule has 0 fully saturated rings. The van der Waals surface area contributed by atoms with Crippen LogP contribution in [0.5, 0.6) is 0 Å². The lowest BCUT2D eigenvalue weighted by molar-refractivity contribution is -0.119. The summed E-state index contributed by atoms with van der Waals surface area (Å²) in [5.41, 5.74) is 14.7. The third-order valence-electron chi connectivity index (χ3n) is 6.81. The number of Topliss-reactive ketones (excluding diaryl/α,β-unsaturated/α-hetero) is 1. The monoisotopic (exact) mass is 540 g/mol. The van der Waals surface area contributed by atoms with Crippen molar-refractivity contribution in [1.29, 1.82) is 5.41 Å². The Bertz CT molecular complexity index is 1460. The first-order valence-electron chi connectivity index (χ1n) is 13.5. The number of carbonyl (C=O) groups excluding carboxylic acids is 2. The van der Waals surface area contributed by atoms with Crippen LogP contribution in [0.2, 0.25) is 0 Å². The number of benzene rings is 2. The zero-order chi connectivity index (χ0) is 28.5. The lowest BCUT2D eigenvalue weighted by Crippen LogP contribution is -2.33. The molecule has 4 rings (SSSR count). The zero-order valence-electron chi connectivity index (χ0n) is 22.8. The second kappa shape index (κ2) is 13.5. The molecule has 10 nitrogen and oxygen atoms in total. The van der Waals surface area contributed by atoms with Crippen LogP contribution in [0.4, 0.5) is 11.5 Å². The summed E-state index contributed by atoms with van der Waals surface area (Å²) in [6, 6.07) is 18.2. The number of fused-ring (bicyclic) bond motifs is 1. The molecule has 0 atom stereocenters. The predicted molar refractivity (Wildman–Crippen MR) is 159 cm³/mol. The van der Waals surface area contributed by atoms with Crippen molar-refractivity contribution in [1.82, 2.24) is 14.5 Å². The van der Waals surface area contributed by atoms with Crippen LogP contribution < -0.4 is 21.7 Å². The van der Waals surface area contributed by atoms with Gasteiger partial charge in [0.25, 0.3) is 5.91 Å². The summed E-state index contributed by atoms with van der Waals surface area (Å²) >= 11 is 0. The number of unbranched alkanes of at least 4 members (excludes halogenated alkanes) is 2. The fourth-order valence-electron chi connectivity index (χ4n) is 4.48. The minimum Gasteiger partial charge on any atom is -0.384 e. The average molecular weight is 541 g/mol. The van der Waals surface area contributed by atoms with Gasteiger partial charge in [0.1, 0.15) is 23.3 Å². The van der Waals surface area contributed by atoms with E-state index in [-0.39, 0.29) is 30.5 Å². The minimum absolute atomic E-state index is 0.0267. The van der Waals surface area contributed by atoms with E-state index in [9.17, 15) is 9.59 Å². The van der Waals surface area contributed by atoms with Crippen LogP contribution in [-0.4, -0.2) is 45.2 Å². The average Bonchev–Trinajstić information content (AvgIpc) is 3.29. The maximum absolute atomic E-state index is 13.7. The third kappa shape index (κ3) is 7.09. The number of carbonyl (C=O) groups is 2. The molecule has 208 valence electrons. The number of nitrogens with one attached hydrogen (secondary N) is 2. The lowest BCUT2D eigenvalue weighted by atomic mass is 10.1. The van der Waals surface area contributed by atoms with Crippen molar-refractivity contribution in [3.63, 3.8) is 0 Å². The van der Waals surface area contributed by atoms with E-state index in [4.69, 9.17) is 21.9 Å². The number of amides is 1. The van der Waals surface area contributed by atoms with E-state index < -0.39 is 0 Å². The highest BCUT2D eigenvalue weighted by atomic mass is 16.2. The van der Waals surface area contributed by atoms with Gasteiger partial charge in [0.15, 0.2) is 0 Å². The van der Waals surface area contributed by atoms with E-state index in [0.29, 0.717) is 42.0 Å². The number of hydrogen-bond acceptors (Lipinski definition) is 7. The number of anilines is 2. The van der Waals surface area contributed by atoms with E-state index in [1.54, 1.807) is 47.5 Å². The molecule has 0 bridgehead atoms. The van der Waals surface area contributed by atoms with Crippen molar-refractivity contribution in [2.45, 2.75) is 38.6 Å². The van der Waals surface area contributed by atoms with Gasteiger partial charge in [-0.15, -0.1) is 0 Å². The highest BCUT2D eigenvalue weighted by Crippen LogP contribution is 2.21. The first-order valence-corrected chi connectivity index (χ1v) is 13.5. The van der Waals surface area contributed by atoms with Crippen molar-refractivity contribution >= 4 is 40.1 Å². The molecule has 0 aliphatic rings. The first kappa shape index (κ1) is 28.4. The number of nitrogens with zero attached hydrogens (tertiary/aromatic N) is 4. The van der Waals surface area contributed by atoms with Gasteiger partial charge < -0.3 is 21.4 Å². The summed E-state index contributed by atoms with van der Waals surface area (Å²) in [5.74, 6) is 1.23. The summed E-state index contributed by atoms with van der Waals surface area (Å²) < 4.78 is 1.99. The summed E-state index contributed by atoms with van der Waals surface area (Å²) in [5, 5.41) is 10.9. The van der Waals surface area contributed by atoms with Crippen LogP contribution in [0.1, 0.15) is 53.8 Å². The lowest BCUT2D eigenvalue weighted by Gasteiger charge is -2.21. The summed E-state index contributed by atoms with van der Waals surface area (Å²) in [6.07, 6.45) is 5.04. The molecule has 4 aromatic rings. The molecule has 6 N–H and O–H groups in total. The maximum atomic E-state index is 13.7. The van der Waals surface area contributed by atoms with Gasteiger partial charge in [-0.05, 0) is 74.0 Å². The maximum Gasteiger partial charge on any atom is 0.259 e. The second-order valence-electron chi connectivity index (χ2n) is 9.67. The fourth-order valence-corrected chi connectivity index (χ4v) is 4.48. The van der Waals surface area contributed by atoms with Crippen LogP contribution in [-0.2, 0) is 18.4 Å². The van der Waals surface area contributed by atoms with Crippen molar-refractivity contribution in [2.24, 2.45) is 18.5 Å². The van der Waals surface area contributed by atoms with Crippen LogP contribution in [0.3, 0.4) is 0 Å². The van der Waals surface area contributed by atoms with E-state index >= 15 is 0 Å². The van der Waals surface area contributed by atoms with Crippen molar-refractivity contribution < 1.29 is 9.59 Å². The molecule has 0 aliphatic carbocycles. The van der Waals surface area contributed by atoms with Gasteiger partial charge in [0, 0.05) is 49.4 Å². The number of pyridine rings is 1. The van der Waals surface area contributed by atoms with Crippen LogP contribution >= 0.6 is 0 Å². The van der Waals surface area contributed by atoms with Gasteiger partial charge in [-0.1, -0.05) is 12.5 Å². The highest BCUT2D eigenvalue weighted by molar-refractivity contribution is 6.07. The Kier molecular flexibility index (Phi) is 9.58. The molecule has 0 saturated carbocycles. The molecule has 0 saturated heterocycles. The van der Waals surface area contributed by atoms with Crippen LogP contribution in [0, 0.1) is 5.41 Å². The number of amidine groups is 1. The molecular formula is C30H36N8O2. The molecule has 0 aliphatic heterocycles. The number of aryl methyl sites for hydroxylation is 1. The van der Waals surface area contributed by atoms with E-state index in [1.165, 1.54) is 0 Å². The van der Waals surface area contributed by atoms with Crippen LogP contribution in [0.25, 0.3) is 11.0 Å². The normalized spacial score (nSPS) is 10.9. The molecule has 1 amide bonds. The Morgan fingerprint density at radius 1 is 1.00 bits per heavy atom. The van der Waals surface area contributed by atoms with Gasteiger partial charge in [0.2, 0.25) is 0 Å². The Balaban J connectivity index is 1.48. The highest BCUT2D eigenvalue weighted by Gasteiger charge is 2.21. The Morgan fingerprint density at radius 3 is 2.48 bits per heavy atom. The Labute approximate surface area is 233 Å². The van der Waals surface area contributed by atoms with Crippen molar-refractivity contribution in [3.05, 3.63) is 83.8 Å². The van der Waals surface area contributed by atoms with Crippen molar-refractivity contribution in [2.75, 3.05) is 23.3 Å². The van der Waals surface area contributed by atoms with Gasteiger partial charge in [-0.3, -0.25) is 19.9 Å². The van der Waals surface area contributed by atoms with Gasteiger partial charge >= 0.3 is 0 Å². The molecule has 0 unspecified atom stereocenters. The van der Waals surface area contributed by atoms with Crippen molar-refractivity contribution in [3.8, 4) is 0 Å². The van der Waals surface area contributed by atoms with Gasteiger partial charge in [0.05, 0.1) is 17.6 Å². The smallest absolute Gasteiger partial charge is 0.259 e.